The van der Waals surface area contributed by atoms with Gasteiger partial charge in [-0.05, 0) is 42.5 Å². The van der Waals surface area contributed by atoms with Crippen LogP contribution >= 0.6 is 0 Å². The lowest BCUT2D eigenvalue weighted by Gasteiger charge is -2.24. The number of nitrogens with two attached hydrogens (primary N) is 1. The molecule has 3 heterocycles. The lowest BCUT2D eigenvalue weighted by Crippen LogP contribution is -2.32. The summed E-state index contributed by atoms with van der Waals surface area (Å²) in [6, 6.07) is 11.7. The van der Waals surface area contributed by atoms with Crippen molar-refractivity contribution in [1.29, 1.82) is 0 Å². The smallest absolute Gasteiger partial charge is 0.416 e. The number of halogens is 3. The number of anilines is 1. The van der Waals surface area contributed by atoms with Gasteiger partial charge >= 0.3 is 6.18 Å². The number of nitrogen functional groups attached to an aromatic ring is 1. The Balaban J connectivity index is 1.49. The molecule has 1 amide bonds. The fraction of sp³-hybridized carbons (Fsp3) is 0.182. The number of nitrogens with zero attached hydrogens (tertiary/aromatic N) is 3. The van der Waals surface area contributed by atoms with Crippen LogP contribution in [0.5, 0.6) is 5.75 Å². The predicted octanol–water partition coefficient (Wildman–Crippen LogP) is 4.29. The Morgan fingerprint density at radius 1 is 1.19 bits per heavy atom. The molecule has 2 N–H and O–H groups in total. The van der Waals surface area contributed by atoms with Crippen LogP contribution in [0.3, 0.4) is 0 Å². The van der Waals surface area contributed by atoms with Gasteiger partial charge in [0.2, 0.25) is 0 Å². The molecule has 31 heavy (non-hydrogen) atoms. The van der Waals surface area contributed by atoms with E-state index in [1.807, 2.05) is 22.7 Å². The number of alkyl halides is 3. The molecular formula is C22H17F3N4O2. The van der Waals surface area contributed by atoms with Crippen LogP contribution in [0, 0.1) is 0 Å². The van der Waals surface area contributed by atoms with Crippen LogP contribution in [0.25, 0.3) is 16.6 Å². The zero-order chi connectivity index (χ0) is 21.9. The van der Waals surface area contributed by atoms with Gasteiger partial charge in [0.05, 0.1) is 28.2 Å². The summed E-state index contributed by atoms with van der Waals surface area (Å²) >= 11 is 0. The lowest BCUT2D eigenvalue weighted by atomic mass is 10.0. The summed E-state index contributed by atoms with van der Waals surface area (Å²) < 4.78 is 46.2. The average Bonchev–Trinajstić information content (AvgIpc) is 3.39. The topological polar surface area (TPSA) is 72.9 Å². The Kier molecular flexibility index (Phi) is 4.11. The number of fused-ring (bicyclic) bond motifs is 4. The highest BCUT2D eigenvalue weighted by molar-refractivity contribution is 5.98. The van der Waals surface area contributed by atoms with Gasteiger partial charge in [-0.3, -0.25) is 4.79 Å². The number of rotatable bonds is 2. The van der Waals surface area contributed by atoms with E-state index in [0.717, 1.165) is 23.2 Å². The quantitative estimate of drug-likeness (QED) is 0.519. The fourth-order valence-electron chi connectivity index (χ4n) is 3.97. The molecule has 6 nitrogen and oxygen atoms in total. The van der Waals surface area contributed by atoms with Crippen molar-refractivity contribution in [2.75, 3.05) is 19.4 Å². The molecule has 158 valence electrons. The van der Waals surface area contributed by atoms with Gasteiger partial charge in [-0.25, -0.2) is 4.98 Å². The number of aromatic nitrogens is 2. The molecular weight excluding hydrogens is 409 g/mol. The first-order valence-electron chi connectivity index (χ1n) is 9.51. The SMILES string of the molecule is CN(C(=O)c1ccc2nc(N)c3cccn3c2c1)C1COc2cc(C(F)(F)F)ccc21. The van der Waals surface area contributed by atoms with Crippen LogP contribution in [0.4, 0.5) is 19.0 Å². The van der Waals surface area contributed by atoms with Crippen LogP contribution in [0.2, 0.25) is 0 Å². The Bertz CT molecular complexity index is 1350. The van der Waals surface area contributed by atoms with Crippen molar-refractivity contribution in [2.45, 2.75) is 12.2 Å². The molecule has 0 radical (unpaired) electrons. The van der Waals surface area contributed by atoms with Gasteiger partial charge < -0.3 is 19.8 Å². The van der Waals surface area contributed by atoms with Gasteiger partial charge in [0.15, 0.2) is 0 Å². The number of benzene rings is 2. The van der Waals surface area contributed by atoms with Gasteiger partial charge in [-0.15, -0.1) is 0 Å². The summed E-state index contributed by atoms with van der Waals surface area (Å²) in [7, 11) is 1.61. The molecule has 1 unspecified atom stereocenters. The number of amides is 1. The number of likely N-dealkylation sites (N-methyl/N-ethyl adjacent to an activating group) is 1. The summed E-state index contributed by atoms with van der Waals surface area (Å²) in [5.74, 6) is 0.263. The average molecular weight is 426 g/mol. The van der Waals surface area contributed by atoms with Crippen molar-refractivity contribution < 1.29 is 22.7 Å². The van der Waals surface area contributed by atoms with Crippen LogP contribution in [0.15, 0.2) is 54.7 Å². The van der Waals surface area contributed by atoms with Gasteiger partial charge in [-0.1, -0.05) is 6.07 Å². The Labute approximate surface area is 174 Å². The van der Waals surface area contributed by atoms with E-state index in [9.17, 15) is 18.0 Å². The van der Waals surface area contributed by atoms with Crippen LogP contribution in [-0.2, 0) is 6.18 Å². The van der Waals surface area contributed by atoms with Crippen molar-refractivity contribution in [1.82, 2.24) is 14.3 Å². The minimum atomic E-state index is -4.45. The molecule has 0 saturated carbocycles. The maximum Gasteiger partial charge on any atom is 0.416 e. The summed E-state index contributed by atoms with van der Waals surface area (Å²) in [4.78, 5) is 19.0. The summed E-state index contributed by atoms with van der Waals surface area (Å²) in [6.07, 6.45) is -2.61. The number of carbonyl (C=O) groups excluding carboxylic acids is 1. The summed E-state index contributed by atoms with van der Waals surface area (Å²) in [5, 5.41) is 0. The highest BCUT2D eigenvalue weighted by Crippen LogP contribution is 2.40. The van der Waals surface area contributed by atoms with E-state index >= 15 is 0 Å². The van der Waals surface area contributed by atoms with Gasteiger partial charge in [0, 0.05) is 24.4 Å². The molecule has 1 atom stereocenters. The van der Waals surface area contributed by atoms with Crippen LogP contribution in [0.1, 0.15) is 27.5 Å². The second-order valence-corrected chi connectivity index (χ2v) is 7.46. The van der Waals surface area contributed by atoms with Gasteiger partial charge in [0.25, 0.3) is 5.91 Å². The predicted molar refractivity (Wildman–Crippen MR) is 109 cm³/mol. The minimum Gasteiger partial charge on any atom is -0.491 e. The van der Waals surface area contributed by atoms with E-state index < -0.39 is 17.8 Å². The molecule has 0 fully saturated rings. The zero-order valence-corrected chi connectivity index (χ0v) is 16.3. The van der Waals surface area contributed by atoms with Crippen molar-refractivity contribution in [3.63, 3.8) is 0 Å². The first-order valence-corrected chi connectivity index (χ1v) is 9.51. The fourth-order valence-corrected chi connectivity index (χ4v) is 3.97. The molecule has 0 bridgehead atoms. The lowest BCUT2D eigenvalue weighted by molar-refractivity contribution is -0.137. The minimum absolute atomic E-state index is 0.0897. The molecule has 4 aromatic rings. The maximum atomic E-state index is 13.2. The first kappa shape index (κ1) is 19.2. The highest BCUT2D eigenvalue weighted by atomic mass is 19.4. The molecule has 0 spiro atoms. The van der Waals surface area contributed by atoms with E-state index in [1.165, 1.54) is 11.0 Å². The normalized spacial score (nSPS) is 15.8. The number of ether oxygens (including phenoxy) is 1. The van der Waals surface area contributed by atoms with Crippen LogP contribution < -0.4 is 10.5 Å². The largest absolute Gasteiger partial charge is 0.491 e. The molecule has 9 heteroatoms. The Morgan fingerprint density at radius 3 is 2.77 bits per heavy atom. The Morgan fingerprint density at radius 2 is 2.00 bits per heavy atom. The van der Waals surface area contributed by atoms with Gasteiger partial charge in [0.1, 0.15) is 18.2 Å². The molecule has 5 rings (SSSR count). The van der Waals surface area contributed by atoms with E-state index in [4.69, 9.17) is 10.5 Å². The third-order valence-corrected chi connectivity index (χ3v) is 5.62. The molecule has 2 aromatic heterocycles. The second kappa shape index (κ2) is 6.63. The first-order chi connectivity index (χ1) is 14.7. The van der Waals surface area contributed by atoms with Crippen molar-refractivity contribution in [3.05, 3.63) is 71.4 Å². The van der Waals surface area contributed by atoms with E-state index in [-0.39, 0.29) is 18.3 Å². The standard InChI is InChI=1S/C22H17F3N4O2/c1-28(18-11-31-19-10-13(22(23,24)25)5-6-14(18)19)21(30)12-4-7-15-17(9-12)29-8-2-3-16(29)20(26)27-15/h2-10,18H,11H2,1H3,(H2,26,27). The third-order valence-electron chi connectivity index (χ3n) is 5.62. The zero-order valence-electron chi connectivity index (χ0n) is 16.3. The molecule has 0 saturated heterocycles. The van der Waals surface area contributed by atoms with Crippen LogP contribution in [-0.4, -0.2) is 33.8 Å². The molecule has 2 aromatic carbocycles. The Hall–Kier alpha value is -3.75. The summed E-state index contributed by atoms with van der Waals surface area (Å²) in [5.41, 5.74) is 8.30. The number of carbonyl (C=O) groups is 1. The van der Waals surface area contributed by atoms with E-state index in [1.54, 1.807) is 25.2 Å². The van der Waals surface area contributed by atoms with Crippen molar-refractivity contribution in [2.24, 2.45) is 0 Å². The third kappa shape index (κ3) is 3.04. The van der Waals surface area contributed by atoms with E-state index in [2.05, 4.69) is 4.98 Å². The summed E-state index contributed by atoms with van der Waals surface area (Å²) in [6.45, 7) is 0.0897. The van der Waals surface area contributed by atoms with Crippen molar-refractivity contribution >= 4 is 28.3 Å². The number of hydrogen-bond acceptors (Lipinski definition) is 4. The van der Waals surface area contributed by atoms with Crippen molar-refractivity contribution in [3.8, 4) is 5.75 Å². The second-order valence-electron chi connectivity index (χ2n) is 7.46. The number of hydrogen-bond donors (Lipinski definition) is 1. The highest BCUT2D eigenvalue weighted by Gasteiger charge is 2.36. The molecule has 1 aliphatic heterocycles. The molecule has 0 aliphatic carbocycles. The molecule has 1 aliphatic rings. The monoisotopic (exact) mass is 426 g/mol. The van der Waals surface area contributed by atoms with Gasteiger partial charge in [-0.2, -0.15) is 13.2 Å². The van der Waals surface area contributed by atoms with E-state index in [0.29, 0.717) is 22.5 Å². The maximum absolute atomic E-state index is 13.2.